The van der Waals surface area contributed by atoms with Gasteiger partial charge in [0.25, 0.3) is 11.8 Å². The summed E-state index contributed by atoms with van der Waals surface area (Å²) in [5, 5.41) is 20.3. The van der Waals surface area contributed by atoms with Gasteiger partial charge in [-0.15, -0.1) is 0 Å². The van der Waals surface area contributed by atoms with E-state index in [9.17, 15) is 29.0 Å². The summed E-state index contributed by atoms with van der Waals surface area (Å²) in [6, 6.07) is 18.8. The molecule has 0 saturated carbocycles. The third kappa shape index (κ3) is 5.30. The highest BCUT2D eigenvalue weighted by molar-refractivity contribution is 6.21. The Balaban J connectivity index is 1.35. The van der Waals surface area contributed by atoms with Crippen molar-refractivity contribution in [2.75, 3.05) is 6.54 Å². The van der Waals surface area contributed by atoms with Crippen molar-refractivity contribution < 1.29 is 29.0 Å². The second-order valence-electron chi connectivity index (χ2n) is 8.85. The van der Waals surface area contributed by atoms with Crippen molar-refractivity contribution in [1.82, 2.24) is 4.90 Å². The van der Waals surface area contributed by atoms with Crippen molar-refractivity contribution in [1.29, 1.82) is 0 Å². The van der Waals surface area contributed by atoms with Crippen LogP contribution in [-0.4, -0.2) is 45.5 Å². The van der Waals surface area contributed by atoms with Gasteiger partial charge in [-0.2, -0.15) is 0 Å². The van der Waals surface area contributed by atoms with Gasteiger partial charge in [0.05, 0.1) is 23.1 Å². The topological polar surface area (TPSA) is 94.9 Å². The lowest BCUT2D eigenvalue weighted by Crippen LogP contribution is -2.36. The number of aliphatic hydroxyl groups excluding tert-OH is 1. The number of carboxylic acids is 1. The van der Waals surface area contributed by atoms with E-state index in [0.717, 1.165) is 27.2 Å². The molecule has 2 amide bonds. The minimum Gasteiger partial charge on any atom is -0.481 e. The Kier molecular flexibility index (Phi) is 7.07. The van der Waals surface area contributed by atoms with Crippen LogP contribution in [0.3, 0.4) is 0 Å². The molecule has 3 aromatic carbocycles. The number of aliphatic hydroxyl groups is 1. The number of fused-ring (bicyclic) bond motifs is 1. The minimum atomic E-state index is -1.17. The Bertz CT molecular complexity index is 1250. The van der Waals surface area contributed by atoms with Gasteiger partial charge in [-0.25, -0.2) is 4.39 Å². The fourth-order valence-corrected chi connectivity index (χ4v) is 4.38. The number of hydrogen-bond donors (Lipinski definition) is 2. The van der Waals surface area contributed by atoms with Crippen LogP contribution in [-0.2, 0) is 11.2 Å². The van der Waals surface area contributed by atoms with Gasteiger partial charge in [0.1, 0.15) is 5.82 Å². The van der Waals surface area contributed by atoms with E-state index in [1.807, 2.05) is 31.2 Å². The van der Waals surface area contributed by atoms with Crippen LogP contribution in [0.4, 0.5) is 4.39 Å². The number of nitrogens with zero attached hydrogens (tertiary/aromatic N) is 1. The van der Waals surface area contributed by atoms with E-state index in [1.165, 1.54) is 12.1 Å². The van der Waals surface area contributed by atoms with Gasteiger partial charge in [0.2, 0.25) is 0 Å². The molecule has 4 rings (SSSR count). The molecule has 0 aliphatic carbocycles. The quantitative estimate of drug-likeness (QED) is 0.445. The number of halogens is 1. The molecule has 3 aromatic rings. The Morgan fingerprint density at radius 2 is 1.49 bits per heavy atom. The number of imide groups is 1. The van der Waals surface area contributed by atoms with Gasteiger partial charge in [-0.05, 0) is 67.1 Å². The van der Waals surface area contributed by atoms with E-state index < -0.39 is 29.8 Å². The molecule has 2 unspecified atom stereocenters. The SMILES string of the molecule is Cc1ccc2c(c1)C(=O)N(CCC(C(=O)O)C(O)CCc1ccc(-c3ccc(F)cc3)cc1)C2=O. The Morgan fingerprint density at radius 1 is 0.886 bits per heavy atom. The highest BCUT2D eigenvalue weighted by Gasteiger charge is 2.37. The van der Waals surface area contributed by atoms with Crippen LogP contribution in [0, 0.1) is 18.7 Å². The minimum absolute atomic E-state index is 0.0372. The average molecular weight is 476 g/mol. The van der Waals surface area contributed by atoms with Crippen LogP contribution in [0.2, 0.25) is 0 Å². The van der Waals surface area contributed by atoms with E-state index in [1.54, 1.807) is 30.3 Å². The number of rotatable bonds is 9. The predicted molar refractivity (Wildman–Crippen MR) is 128 cm³/mol. The average Bonchev–Trinajstić information content (AvgIpc) is 3.07. The molecule has 0 bridgehead atoms. The summed E-state index contributed by atoms with van der Waals surface area (Å²) in [5.41, 5.74) is 4.23. The highest BCUT2D eigenvalue weighted by atomic mass is 19.1. The van der Waals surface area contributed by atoms with E-state index in [-0.39, 0.29) is 25.2 Å². The number of benzene rings is 3. The summed E-state index contributed by atoms with van der Waals surface area (Å²) in [6.07, 6.45) is -0.499. The molecule has 1 heterocycles. The van der Waals surface area contributed by atoms with Crippen LogP contribution in [0.1, 0.15) is 44.7 Å². The smallest absolute Gasteiger partial charge is 0.309 e. The van der Waals surface area contributed by atoms with Crippen LogP contribution in [0.5, 0.6) is 0 Å². The number of carbonyl (C=O) groups is 3. The first-order valence-electron chi connectivity index (χ1n) is 11.5. The summed E-state index contributed by atoms with van der Waals surface area (Å²) in [7, 11) is 0. The summed E-state index contributed by atoms with van der Waals surface area (Å²) in [5.74, 6) is -3.46. The van der Waals surface area contributed by atoms with E-state index in [4.69, 9.17) is 0 Å². The van der Waals surface area contributed by atoms with Crippen molar-refractivity contribution in [2.24, 2.45) is 5.92 Å². The fraction of sp³-hybridized carbons (Fsp3) is 0.250. The molecule has 6 nitrogen and oxygen atoms in total. The monoisotopic (exact) mass is 475 g/mol. The Hall–Kier alpha value is -3.84. The lowest BCUT2D eigenvalue weighted by atomic mass is 9.93. The zero-order valence-corrected chi connectivity index (χ0v) is 19.3. The van der Waals surface area contributed by atoms with Gasteiger partial charge < -0.3 is 10.2 Å². The highest BCUT2D eigenvalue weighted by Crippen LogP contribution is 2.26. The normalized spacial score (nSPS) is 14.7. The fourth-order valence-electron chi connectivity index (χ4n) is 4.38. The third-order valence-corrected chi connectivity index (χ3v) is 6.43. The molecular formula is C28H26FNO5. The zero-order valence-electron chi connectivity index (χ0n) is 19.3. The lowest BCUT2D eigenvalue weighted by molar-refractivity contribution is -0.146. The number of carboxylic acid groups (broad SMARTS) is 1. The standard InChI is InChI=1S/C28H26FNO5/c1-17-2-12-22-24(16-17)27(33)30(26(22)32)15-14-23(28(34)35)25(31)13-5-18-3-6-19(7-4-18)20-8-10-21(29)11-9-20/h2-4,6-12,16,23,25,31H,5,13-15H2,1H3,(H,34,35). The molecule has 0 aromatic heterocycles. The molecular weight excluding hydrogens is 449 g/mol. The number of hydrogen-bond acceptors (Lipinski definition) is 4. The molecule has 2 atom stereocenters. The Labute approximate surface area is 202 Å². The molecule has 1 aliphatic heterocycles. The van der Waals surface area contributed by atoms with Gasteiger partial charge in [0.15, 0.2) is 0 Å². The van der Waals surface area contributed by atoms with Crippen molar-refractivity contribution in [3.8, 4) is 11.1 Å². The first-order chi connectivity index (χ1) is 16.7. The third-order valence-electron chi connectivity index (χ3n) is 6.43. The van der Waals surface area contributed by atoms with Gasteiger partial charge in [-0.1, -0.05) is 48.0 Å². The number of aliphatic carboxylic acids is 1. The molecule has 1 aliphatic rings. The number of carbonyl (C=O) groups excluding carboxylic acids is 2. The molecule has 0 radical (unpaired) electrons. The summed E-state index contributed by atoms with van der Waals surface area (Å²) < 4.78 is 13.1. The largest absolute Gasteiger partial charge is 0.481 e. The molecule has 180 valence electrons. The molecule has 0 spiro atoms. The second-order valence-corrected chi connectivity index (χ2v) is 8.85. The van der Waals surface area contributed by atoms with Crippen molar-refractivity contribution >= 4 is 17.8 Å². The molecule has 35 heavy (non-hydrogen) atoms. The molecule has 0 saturated heterocycles. The predicted octanol–water partition coefficient (Wildman–Crippen LogP) is 4.48. The molecule has 7 heteroatoms. The van der Waals surface area contributed by atoms with E-state index >= 15 is 0 Å². The Morgan fingerprint density at radius 3 is 2.11 bits per heavy atom. The first kappa shape index (κ1) is 24.3. The summed E-state index contributed by atoms with van der Waals surface area (Å²) in [4.78, 5) is 38.1. The number of amides is 2. The molecule has 2 N–H and O–H groups in total. The lowest BCUT2D eigenvalue weighted by Gasteiger charge is -2.22. The maximum Gasteiger partial charge on any atom is 0.309 e. The van der Waals surface area contributed by atoms with Crippen LogP contribution in [0.15, 0.2) is 66.7 Å². The first-order valence-corrected chi connectivity index (χ1v) is 11.5. The van der Waals surface area contributed by atoms with Gasteiger partial charge in [-0.3, -0.25) is 19.3 Å². The van der Waals surface area contributed by atoms with Gasteiger partial charge >= 0.3 is 5.97 Å². The van der Waals surface area contributed by atoms with Gasteiger partial charge in [0, 0.05) is 6.54 Å². The second kappa shape index (κ2) is 10.2. The maximum atomic E-state index is 13.1. The summed E-state index contributed by atoms with van der Waals surface area (Å²) >= 11 is 0. The number of aryl methyl sites for hydroxylation is 2. The molecule has 0 fully saturated rings. The zero-order chi connectivity index (χ0) is 25.1. The van der Waals surface area contributed by atoms with Crippen molar-refractivity contribution in [3.63, 3.8) is 0 Å². The van der Waals surface area contributed by atoms with Crippen LogP contribution in [0.25, 0.3) is 11.1 Å². The van der Waals surface area contributed by atoms with E-state index in [2.05, 4.69) is 0 Å². The summed E-state index contributed by atoms with van der Waals surface area (Å²) in [6.45, 7) is 1.75. The van der Waals surface area contributed by atoms with Crippen LogP contribution >= 0.6 is 0 Å². The van der Waals surface area contributed by atoms with E-state index in [0.29, 0.717) is 17.5 Å². The van der Waals surface area contributed by atoms with Crippen molar-refractivity contribution in [2.45, 2.75) is 32.3 Å². The van der Waals surface area contributed by atoms with Crippen LogP contribution < -0.4 is 0 Å². The maximum absolute atomic E-state index is 13.1. The van der Waals surface area contributed by atoms with Crippen molar-refractivity contribution in [3.05, 3.63) is 94.8 Å².